The van der Waals surface area contributed by atoms with Crippen molar-refractivity contribution in [3.05, 3.63) is 67.5 Å². The Bertz CT molecular complexity index is 1020. The lowest BCUT2D eigenvalue weighted by molar-refractivity contribution is -0.122. The molecule has 0 atom stereocenters. The number of thiocarbonyl (C=S) groups is 1. The van der Waals surface area contributed by atoms with Gasteiger partial charge >= 0.3 is 0 Å². The monoisotopic (exact) mass is 484 g/mol. The highest BCUT2D eigenvalue weighted by atomic mass is 35.5. The van der Waals surface area contributed by atoms with Crippen LogP contribution in [0.5, 0.6) is 0 Å². The average Bonchev–Trinajstić information content (AvgIpc) is 2.93. The highest BCUT2D eigenvalue weighted by Crippen LogP contribution is 2.34. The van der Waals surface area contributed by atoms with E-state index < -0.39 is 0 Å². The normalized spacial score (nSPS) is 15.3. The Labute approximate surface area is 193 Å². The molecule has 0 bridgehead atoms. The van der Waals surface area contributed by atoms with Crippen molar-refractivity contribution in [2.75, 3.05) is 11.9 Å². The lowest BCUT2D eigenvalue weighted by atomic mass is 10.1. The van der Waals surface area contributed by atoms with Crippen molar-refractivity contribution in [2.45, 2.75) is 13.3 Å². The third-order valence-electron chi connectivity index (χ3n) is 4.10. The third-order valence-corrected chi connectivity index (χ3v) is 6.51. The van der Waals surface area contributed by atoms with Crippen molar-refractivity contribution in [1.82, 2.24) is 4.90 Å². The van der Waals surface area contributed by atoms with Crippen molar-refractivity contribution < 1.29 is 9.59 Å². The molecule has 1 saturated heterocycles. The summed E-state index contributed by atoms with van der Waals surface area (Å²) in [5.74, 6) is -0.525. The molecular formula is C20H15Cl3N2O2S2. The molecule has 4 nitrogen and oxygen atoms in total. The number of benzene rings is 2. The van der Waals surface area contributed by atoms with Crippen LogP contribution in [-0.4, -0.2) is 27.6 Å². The maximum Gasteiger partial charge on any atom is 0.266 e. The molecule has 0 aliphatic carbocycles. The minimum absolute atomic E-state index is 0.0564. The molecule has 29 heavy (non-hydrogen) atoms. The van der Waals surface area contributed by atoms with E-state index in [-0.39, 0.29) is 34.8 Å². The van der Waals surface area contributed by atoms with E-state index in [0.29, 0.717) is 19.9 Å². The molecular weight excluding hydrogens is 471 g/mol. The lowest BCUT2D eigenvalue weighted by Gasteiger charge is -2.14. The zero-order valence-corrected chi connectivity index (χ0v) is 19.1. The number of aryl methyl sites for hydroxylation is 1. The largest absolute Gasteiger partial charge is 0.325 e. The zero-order chi connectivity index (χ0) is 21.1. The van der Waals surface area contributed by atoms with E-state index in [1.54, 1.807) is 6.08 Å². The van der Waals surface area contributed by atoms with E-state index >= 15 is 0 Å². The summed E-state index contributed by atoms with van der Waals surface area (Å²) in [6.07, 6.45) is 1.86. The smallest absolute Gasteiger partial charge is 0.266 e. The fourth-order valence-electron chi connectivity index (χ4n) is 2.55. The van der Waals surface area contributed by atoms with E-state index in [2.05, 4.69) is 5.32 Å². The average molecular weight is 486 g/mol. The highest BCUT2D eigenvalue weighted by molar-refractivity contribution is 8.26. The number of hydrogen-bond donors (Lipinski definition) is 1. The van der Waals surface area contributed by atoms with Crippen LogP contribution in [0.3, 0.4) is 0 Å². The Kier molecular flexibility index (Phi) is 7.24. The van der Waals surface area contributed by atoms with Gasteiger partial charge in [0.05, 0.1) is 25.7 Å². The Balaban J connectivity index is 1.62. The molecule has 0 saturated carbocycles. The molecule has 2 aromatic carbocycles. The summed E-state index contributed by atoms with van der Waals surface area (Å²) in [7, 11) is 0. The molecule has 0 unspecified atom stereocenters. The van der Waals surface area contributed by atoms with E-state index in [1.807, 2.05) is 31.2 Å². The van der Waals surface area contributed by atoms with Gasteiger partial charge < -0.3 is 5.32 Å². The molecule has 0 aromatic heterocycles. The highest BCUT2D eigenvalue weighted by Gasteiger charge is 2.32. The van der Waals surface area contributed by atoms with Crippen LogP contribution < -0.4 is 5.32 Å². The molecule has 2 amide bonds. The summed E-state index contributed by atoms with van der Waals surface area (Å²) < 4.78 is 0.425. The van der Waals surface area contributed by atoms with Crippen LogP contribution in [0.2, 0.25) is 15.1 Å². The van der Waals surface area contributed by atoms with Gasteiger partial charge in [0.15, 0.2) is 0 Å². The summed E-state index contributed by atoms with van der Waals surface area (Å²) in [4.78, 5) is 26.9. The van der Waals surface area contributed by atoms with E-state index in [0.717, 1.165) is 11.1 Å². The minimum atomic E-state index is -0.318. The first-order valence-corrected chi connectivity index (χ1v) is 10.9. The predicted octanol–water partition coefficient (Wildman–Crippen LogP) is 6.19. The number of nitrogens with zero attached hydrogens (tertiary/aromatic N) is 1. The Morgan fingerprint density at radius 3 is 2.48 bits per heavy atom. The molecule has 0 spiro atoms. The maximum absolute atomic E-state index is 12.7. The number of carbonyl (C=O) groups is 2. The fourth-order valence-corrected chi connectivity index (χ4v) is 4.45. The minimum Gasteiger partial charge on any atom is -0.325 e. The number of anilines is 1. The maximum atomic E-state index is 12.7. The van der Waals surface area contributed by atoms with Gasteiger partial charge in [-0.1, -0.05) is 88.6 Å². The van der Waals surface area contributed by atoms with Crippen molar-refractivity contribution in [3.8, 4) is 0 Å². The zero-order valence-electron chi connectivity index (χ0n) is 15.2. The Hall–Kier alpha value is -1.57. The van der Waals surface area contributed by atoms with Gasteiger partial charge in [-0.15, -0.1) is 0 Å². The van der Waals surface area contributed by atoms with Gasteiger partial charge in [0.25, 0.3) is 5.91 Å². The van der Waals surface area contributed by atoms with Crippen LogP contribution in [0.25, 0.3) is 6.08 Å². The number of nitrogens with one attached hydrogen (secondary N) is 1. The molecule has 9 heteroatoms. The van der Waals surface area contributed by atoms with E-state index in [9.17, 15) is 9.59 Å². The van der Waals surface area contributed by atoms with E-state index in [1.165, 1.54) is 28.8 Å². The van der Waals surface area contributed by atoms with Gasteiger partial charge in [-0.3, -0.25) is 14.5 Å². The number of thioether (sulfide) groups is 1. The van der Waals surface area contributed by atoms with Crippen molar-refractivity contribution in [3.63, 3.8) is 0 Å². The molecule has 1 aliphatic rings. The van der Waals surface area contributed by atoms with Gasteiger partial charge in [-0.05, 0) is 30.7 Å². The lowest BCUT2D eigenvalue weighted by Crippen LogP contribution is -2.31. The molecule has 3 rings (SSSR count). The molecule has 2 aromatic rings. The number of hydrogen-bond acceptors (Lipinski definition) is 4. The van der Waals surface area contributed by atoms with Crippen molar-refractivity contribution in [1.29, 1.82) is 0 Å². The topological polar surface area (TPSA) is 49.4 Å². The first-order chi connectivity index (χ1) is 13.7. The van der Waals surface area contributed by atoms with Crippen LogP contribution in [0.4, 0.5) is 5.69 Å². The number of amides is 2. The quantitative estimate of drug-likeness (QED) is 0.312. The van der Waals surface area contributed by atoms with Gasteiger partial charge in [0, 0.05) is 13.0 Å². The van der Waals surface area contributed by atoms with Gasteiger partial charge in [0.2, 0.25) is 5.91 Å². The van der Waals surface area contributed by atoms with Crippen LogP contribution >= 0.6 is 58.8 Å². The first-order valence-electron chi connectivity index (χ1n) is 8.51. The number of rotatable bonds is 5. The third kappa shape index (κ3) is 5.53. The molecule has 1 aliphatic heterocycles. The van der Waals surface area contributed by atoms with Crippen molar-refractivity contribution in [2.24, 2.45) is 0 Å². The predicted molar refractivity (Wildman–Crippen MR) is 126 cm³/mol. The fraction of sp³-hybridized carbons (Fsp3) is 0.150. The summed E-state index contributed by atoms with van der Waals surface area (Å²) in [6, 6.07) is 10.8. The van der Waals surface area contributed by atoms with Crippen LogP contribution in [0.15, 0.2) is 41.3 Å². The molecule has 1 N–H and O–H groups in total. The van der Waals surface area contributed by atoms with Crippen LogP contribution in [0.1, 0.15) is 17.5 Å². The number of carbonyl (C=O) groups excluding carboxylic acids is 2. The second-order valence-corrected chi connectivity index (χ2v) is 9.19. The van der Waals surface area contributed by atoms with Crippen LogP contribution in [-0.2, 0) is 9.59 Å². The van der Waals surface area contributed by atoms with Gasteiger partial charge in [-0.25, -0.2) is 0 Å². The summed E-state index contributed by atoms with van der Waals surface area (Å²) in [5, 5.41) is 3.53. The Morgan fingerprint density at radius 1 is 1.14 bits per heavy atom. The standard InChI is InChI=1S/C20H15Cl3N2O2S2/c1-11-2-4-12(5-3-11)8-17-19(27)25(20(28)29-17)7-6-18(26)24-16-10-14(22)13(21)9-15(16)23/h2-5,8-10H,6-7H2,1H3,(H,24,26)/b17-8-. The SMILES string of the molecule is Cc1ccc(/C=C2\SC(=S)N(CCC(=O)Nc3cc(Cl)c(Cl)cc3Cl)C2=O)cc1. The van der Waals surface area contributed by atoms with Crippen molar-refractivity contribution >= 4 is 86.7 Å². The Morgan fingerprint density at radius 2 is 1.79 bits per heavy atom. The van der Waals surface area contributed by atoms with Gasteiger partial charge in [-0.2, -0.15) is 0 Å². The summed E-state index contributed by atoms with van der Waals surface area (Å²) >= 11 is 24.4. The van der Waals surface area contributed by atoms with Gasteiger partial charge in [0.1, 0.15) is 4.32 Å². The molecule has 0 radical (unpaired) electrons. The molecule has 1 fully saturated rings. The van der Waals surface area contributed by atoms with E-state index in [4.69, 9.17) is 47.0 Å². The molecule has 150 valence electrons. The molecule has 1 heterocycles. The number of halogens is 3. The van der Waals surface area contributed by atoms with Crippen LogP contribution in [0, 0.1) is 6.92 Å². The summed E-state index contributed by atoms with van der Waals surface area (Å²) in [6.45, 7) is 2.17. The first kappa shape index (κ1) is 22.1. The second kappa shape index (κ2) is 9.49. The summed E-state index contributed by atoms with van der Waals surface area (Å²) in [5.41, 5.74) is 2.42. The second-order valence-electron chi connectivity index (χ2n) is 6.29.